The van der Waals surface area contributed by atoms with Crippen molar-refractivity contribution in [3.8, 4) is 28.5 Å². The third-order valence-electron chi connectivity index (χ3n) is 3.87. The molecule has 1 atom stereocenters. The molecule has 134 valence electrons. The quantitative estimate of drug-likeness (QED) is 0.725. The summed E-state index contributed by atoms with van der Waals surface area (Å²) in [5, 5.41) is 11.8. The van der Waals surface area contributed by atoms with Gasteiger partial charge in [0.25, 0.3) is 5.89 Å². The first kappa shape index (κ1) is 19.0. The van der Waals surface area contributed by atoms with Crippen molar-refractivity contribution in [3.05, 3.63) is 36.3 Å². The first-order chi connectivity index (χ1) is 11.6. The maximum atomic E-state index is 5.46. The number of hydrogen-bond acceptors (Lipinski definition) is 6. The van der Waals surface area contributed by atoms with Crippen molar-refractivity contribution in [2.24, 2.45) is 7.05 Å². The van der Waals surface area contributed by atoms with E-state index in [9.17, 15) is 0 Å². The monoisotopic (exact) mass is 363 g/mol. The van der Waals surface area contributed by atoms with Crippen molar-refractivity contribution < 1.29 is 9.26 Å². The minimum atomic E-state index is 0. The highest BCUT2D eigenvalue weighted by Gasteiger charge is 2.20. The molecular formula is C17H22ClN5O2. The molecule has 2 heterocycles. The third-order valence-corrected chi connectivity index (χ3v) is 3.87. The molecule has 8 heteroatoms. The van der Waals surface area contributed by atoms with Crippen LogP contribution in [0.3, 0.4) is 0 Å². The number of nitrogens with one attached hydrogen (secondary N) is 1. The van der Waals surface area contributed by atoms with Gasteiger partial charge in [0.1, 0.15) is 11.4 Å². The lowest BCUT2D eigenvalue weighted by molar-refractivity contribution is 0.415. The molecule has 0 spiro atoms. The average Bonchev–Trinajstić information content (AvgIpc) is 3.21. The molecule has 3 aromatic rings. The van der Waals surface area contributed by atoms with Gasteiger partial charge in [0.15, 0.2) is 5.82 Å². The molecule has 25 heavy (non-hydrogen) atoms. The van der Waals surface area contributed by atoms with Crippen LogP contribution in [0.4, 0.5) is 0 Å². The van der Waals surface area contributed by atoms with Crippen molar-refractivity contribution in [2.45, 2.75) is 19.4 Å². The average molecular weight is 364 g/mol. The molecule has 3 rings (SSSR count). The van der Waals surface area contributed by atoms with Gasteiger partial charge in [-0.05, 0) is 26.1 Å². The van der Waals surface area contributed by atoms with Gasteiger partial charge in [-0.2, -0.15) is 10.1 Å². The topological polar surface area (TPSA) is 78.0 Å². The number of methoxy groups -OCH3 is 1. The lowest BCUT2D eigenvalue weighted by Gasteiger charge is -2.06. The Kier molecular flexibility index (Phi) is 6.17. The summed E-state index contributed by atoms with van der Waals surface area (Å²) in [5.41, 5.74) is 2.43. The van der Waals surface area contributed by atoms with Crippen LogP contribution in [0.1, 0.15) is 12.7 Å². The van der Waals surface area contributed by atoms with Gasteiger partial charge in [0.05, 0.1) is 12.7 Å². The smallest absolute Gasteiger partial charge is 0.261 e. The summed E-state index contributed by atoms with van der Waals surface area (Å²) in [7, 11) is 5.42. The molecule has 0 fully saturated rings. The van der Waals surface area contributed by atoms with E-state index < -0.39 is 0 Å². The second kappa shape index (κ2) is 8.13. The van der Waals surface area contributed by atoms with Gasteiger partial charge in [-0.3, -0.25) is 4.68 Å². The standard InChI is InChI=1S/C17H21N5O2.ClH/c1-11(18-2)9-15-19-17(24-21-15)13-10-22(3)20-16(13)12-7-5-6-8-14(12)23-4;/h5-8,10-11,18H,9H2,1-4H3;1H. The highest BCUT2D eigenvalue weighted by atomic mass is 35.5. The van der Waals surface area contributed by atoms with Crippen molar-refractivity contribution in [2.75, 3.05) is 14.2 Å². The predicted molar refractivity (Wildman–Crippen MR) is 98.0 cm³/mol. The number of para-hydroxylation sites is 1. The maximum absolute atomic E-state index is 5.46. The fourth-order valence-electron chi connectivity index (χ4n) is 2.51. The van der Waals surface area contributed by atoms with E-state index in [0.717, 1.165) is 22.6 Å². The SMILES string of the molecule is CNC(C)Cc1noc(-c2cn(C)nc2-c2ccccc2OC)n1.Cl. The highest BCUT2D eigenvalue weighted by molar-refractivity contribution is 5.85. The first-order valence-corrected chi connectivity index (χ1v) is 7.79. The van der Waals surface area contributed by atoms with E-state index in [1.165, 1.54) is 0 Å². The van der Waals surface area contributed by atoms with Crippen LogP contribution >= 0.6 is 12.4 Å². The molecule has 7 nitrogen and oxygen atoms in total. The summed E-state index contributed by atoms with van der Waals surface area (Å²) in [6, 6.07) is 8.02. The van der Waals surface area contributed by atoms with Gasteiger partial charge in [-0.25, -0.2) is 0 Å². The molecule has 0 bridgehead atoms. The Hall–Kier alpha value is -2.38. The molecule has 0 aliphatic heterocycles. The summed E-state index contributed by atoms with van der Waals surface area (Å²) in [6.07, 6.45) is 2.57. The van der Waals surface area contributed by atoms with Gasteiger partial charge in [0.2, 0.25) is 0 Å². The molecule has 0 saturated heterocycles. The molecular weight excluding hydrogens is 342 g/mol. The number of nitrogens with zero attached hydrogens (tertiary/aromatic N) is 4. The second-order valence-electron chi connectivity index (χ2n) is 5.67. The van der Waals surface area contributed by atoms with E-state index in [1.807, 2.05) is 44.6 Å². The van der Waals surface area contributed by atoms with Crippen molar-refractivity contribution in [3.63, 3.8) is 0 Å². The minimum Gasteiger partial charge on any atom is -0.496 e. The van der Waals surface area contributed by atoms with Crippen LogP contribution in [-0.2, 0) is 13.5 Å². The number of hydrogen-bond donors (Lipinski definition) is 1. The number of ether oxygens (including phenoxy) is 1. The van der Waals surface area contributed by atoms with Gasteiger partial charge in [-0.1, -0.05) is 17.3 Å². The van der Waals surface area contributed by atoms with E-state index in [4.69, 9.17) is 9.26 Å². The molecule has 0 amide bonds. The van der Waals surface area contributed by atoms with Crippen LogP contribution in [0.5, 0.6) is 5.75 Å². The Balaban J connectivity index is 0.00000225. The molecule has 1 unspecified atom stereocenters. The van der Waals surface area contributed by atoms with Crippen molar-refractivity contribution >= 4 is 12.4 Å². The van der Waals surface area contributed by atoms with Crippen molar-refractivity contribution in [1.29, 1.82) is 0 Å². The van der Waals surface area contributed by atoms with Gasteiger partial charge in [0, 0.05) is 31.3 Å². The number of likely N-dealkylation sites (N-methyl/N-ethyl adjacent to an activating group) is 1. The number of aromatic nitrogens is 4. The van der Waals surface area contributed by atoms with E-state index in [1.54, 1.807) is 11.8 Å². The van der Waals surface area contributed by atoms with E-state index in [0.29, 0.717) is 18.1 Å². The fraction of sp³-hybridized carbons (Fsp3) is 0.353. The van der Waals surface area contributed by atoms with Gasteiger partial charge in [-0.15, -0.1) is 12.4 Å². The molecule has 1 aromatic carbocycles. The van der Waals surface area contributed by atoms with Crippen LogP contribution in [-0.4, -0.2) is 40.1 Å². The van der Waals surface area contributed by atoms with Crippen LogP contribution in [0.2, 0.25) is 0 Å². The second-order valence-corrected chi connectivity index (χ2v) is 5.67. The van der Waals surface area contributed by atoms with Crippen LogP contribution in [0, 0.1) is 0 Å². The first-order valence-electron chi connectivity index (χ1n) is 7.79. The van der Waals surface area contributed by atoms with Crippen LogP contribution in [0.15, 0.2) is 35.0 Å². The summed E-state index contributed by atoms with van der Waals surface area (Å²) < 4.78 is 12.6. The summed E-state index contributed by atoms with van der Waals surface area (Å²) in [5.74, 6) is 1.88. The Labute approximate surface area is 152 Å². The lowest BCUT2D eigenvalue weighted by atomic mass is 10.1. The summed E-state index contributed by atoms with van der Waals surface area (Å²) >= 11 is 0. The Morgan fingerprint density at radius 1 is 1.28 bits per heavy atom. The molecule has 2 aromatic heterocycles. The lowest BCUT2D eigenvalue weighted by Crippen LogP contribution is -2.24. The Bertz CT molecular complexity index is 830. The van der Waals surface area contributed by atoms with Gasteiger partial charge < -0.3 is 14.6 Å². The number of aryl methyl sites for hydroxylation is 1. The van der Waals surface area contributed by atoms with E-state index in [-0.39, 0.29) is 18.4 Å². The summed E-state index contributed by atoms with van der Waals surface area (Å²) in [4.78, 5) is 4.51. The zero-order chi connectivity index (χ0) is 17.1. The van der Waals surface area contributed by atoms with Crippen LogP contribution in [0.25, 0.3) is 22.7 Å². The normalized spacial score (nSPS) is 11.8. The minimum absolute atomic E-state index is 0. The molecule has 0 saturated carbocycles. The number of benzene rings is 1. The molecule has 0 aliphatic carbocycles. The van der Waals surface area contributed by atoms with Crippen LogP contribution < -0.4 is 10.1 Å². The van der Waals surface area contributed by atoms with Gasteiger partial charge >= 0.3 is 0 Å². The Morgan fingerprint density at radius 2 is 2.04 bits per heavy atom. The third kappa shape index (κ3) is 4.00. The molecule has 1 N–H and O–H groups in total. The number of halogens is 1. The maximum Gasteiger partial charge on any atom is 0.261 e. The van der Waals surface area contributed by atoms with Crippen molar-refractivity contribution in [1.82, 2.24) is 25.2 Å². The highest BCUT2D eigenvalue weighted by Crippen LogP contribution is 2.35. The molecule has 0 aliphatic rings. The zero-order valence-corrected chi connectivity index (χ0v) is 15.5. The summed E-state index contributed by atoms with van der Waals surface area (Å²) in [6.45, 7) is 2.07. The van der Waals surface area contributed by atoms with E-state index >= 15 is 0 Å². The fourth-order valence-corrected chi connectivity index (χ4v) is 2.51. The predicted octanol–water partition coefficient (Wildman–Crippen LogP) is 2.72. The van der Waals surface area contributed by atoms with E-state index in [2.05, 4.69) is 27.5 Å². The largest absolute Gasteiger partial charge is 0.496 e. The Morgan fingerprint density at radius 3 is 2.76 bits per heavy atom. The molecule has 0 radical (unpaired) electrons. The zero-order valence-electron chi connectivity index (χ0n) is 14.7. The number of rotatable bonds is 6.